The van der Waals surface area contributed by atoms with Crippen molar-refractivity contribution in [2.75, 3.05) is 0 Å². The van der Waals surface area contributed by atoms with Crippen molar-refractivity contribution in [3.63, 3.8) is 0 Å². The van der Waals surface area contributed by atoms with Crippen molar-refractivity contribution in [3.05, 3.63) is 53.4 Å². The van der Waals surface area contributed by atoms with Crippen LogP contribution in [-0.2, 0) is 11.3 Å². The van der Waals surface area contributed by atoms with Crippen molar-refractivity contribution in [1.82, 2.24) is 15.2 Å². The average Bonchev–Trinajstić information content (AvgIpc) is 2.89. The fraction of sp³-hybridized carbons (Fsp3) is 0.200. The van der Waals surface area contributed by atoms with Gasteiger partial charge in [0, 0.05) is 18.0 Å². The predicted octanol–water partition coefficient (Wildman–Crippen LogP) is 2.59. The maximum Gasteiger partial charge on any atom is 0.339 e. The minimum atomic E-state index is -0.437. The molecule has 0 spiro atoms. The van der Waals surface area contributed by atoms with Crippen molar-refractivity contribution in [2.45, 2.75) is 20.5 Å². The van der Waals surface area contributed by atoms with Gasteiger partial charge in [-0.25, -0.2) is 4.79 Å². The van der Waals surface area contributed by atoms with E-state index in [1.165, 1.54) is 0 Å². The van der Waals surface area contributed by atoms with Crippen LogP contribution in [0.25, 0.3) is 10.9 Å². The number of benzene rings is 1. The Bertz CT molecular complexity index is 811. The molecule has 0 unspecified atom stereocenters. The maximum absolute atomic E-state index is 12.3. The van der Waals surface area contributed by atoms with Gasteiger partial charge in [-0.05, 0) is 19.1 Å². The smallest absolute Gasteiger partial charge is 0.339 e. The zero-order chi connectivity index (χ0) is 14.8. The first kappa shape index (κ1) is 13.2. The van der Waals surface area contributed by atoms with Gasteiger partial charge >= 0.3 is 5.97 Å². The molecule has 106 valence electrons. The molecular formula is C15H13N3O3. The Morgan fingerprint density at radius 1 is 1.24 bits per heavy atom. The third-order valence-corrected chi connectivity index (χ3v) is 2.96. The first-order chi connectivity index (χ1) is 10.1. The van der Waals surface area contributed by atoms with Crippen LogP contribution in [-0.4, -0.2) is 21.2 Å². The van der Waals surface area contributed by atoms with Gasteiger partial charge in [0.05, 0.1) is 11.1 Å². The number of hydrogen-bond acceptors (Lipinski definition) is 6. The van der Waals surface area contributed by atoms with Gasteiger partial charge in [-0.1, -0.05) is 18.2 Å². The summed E-state index contributed by atoms with van der Waals surface area (Å²) in [6, 6.07) is 9.15. The molecule has 0 bridgehead atoms. The van der Waals surface area contributed by atoms with Crippen LogP contribution in [0.2, 0.25) is 0 Å². The van der Waals surface area contributed by atoms with Crippen LogP contribution in [0.4, 0.5) is 0 Å². The summed E-state index contributed by atoms with van der Waals surface area (Å²) in [5, 5.41) is 8.23. The molecule has 0 aliphatic heterocycles. The van der Waals surface area contributed by atoms with Gasteiger partial charge in [0.25, 0.3) is 5.89 Å². The quantitative estimate of drug-likeness (QED) is 0.687. The van der Waals surface area contributed by atoms with Crippen molar-refractivity contribution in [2.24, 2.45) is 0 Å². The molecule has 21 heavy (non-hydrogen) atoms. The Morgan fingerprint density at radius 3 is 2.81 bits per heavy atom. The van der Waals surface area contributed by atoms with Crippen LogP contribution in [0.15, 0.2) is 34.7 Å². The van der Waals surface area contributed by atoms with E-state index in [4.69, 9.17) is 9.15 Å². The lowest BCUT2D eigenvalue weighted by atomic mass is 10.1. The van der Waals surface area contributed by atoms with E-state index in [0.29, 0.717) is 11.5 Å². The summed E-state index contributed by atoms with van der Waals surface area (Å²) in [4.78, 5) is 16.6. The van der Waals surface area contributed by atoms with E-state index in [-0.39, 0.29) is 12.5 Å². The fourth-order valence-electron chi connectivity index (χ4n) is 2.08. The Morgan fingerprint density at radius 2 is 2.05 bits per heavy atom. The molecule has 6 nitrogen and oxygen atoms in total. The van der Waals surface area contributed by atoms with Crippen molar-refractivity contribution < 1.29 is 13.9 Å². The SMILES string of the molecule is Cc1cc(C(=O)OCc2nnc(C)o2)c2ccccc2n1. The number of fused-ring (bicyclic) bond motifs is 1. The first-order valence-corrected chi connectivity index (χ1v) is 6.46. The Balaban J connectivity index is 1.87. The highest BCUT2D eigenvalue weighted by molar-refractivity contribution is 6.03. The standard InChI is InChI=1S/C15H13N3O3/c1-9-7-12(11-5-3-4-6-13(11)16-9)15(19)20-8-14-18-17-10(2)21-14/h3-7H,8H2,1-2H3. The lowest BCUT2D eigenvalue weighted by Crippen LogP contribution is -2.07. The number of hydrogen-bond donors (Lipinski definition) is 0. The van der Waals surface area contributed by atoms with E-state index in [1.807, 2.05) is 31.2 Å². The minimum absolute atomic E-state index is 0.0463. The predicted molar refractivity (Wildman–Crippen MR) is 74.6 cm³/mol. The molecule has 0 radical (unpaired) electrons. The van der Waals surface area contributed by atoms with Crippen molar-refractivity contribution in [3.8, 4) is 0 Å². The van der Waals surface area contributed by atoms with E-state index >= 15 is 0 Å². The highest BCUT2D eigenvalue weighted by atomic mass is 16.5. The summed E-state index contributed by atoms with van der Waals surface area (Å²) in [7, 11) is 0. The highest BCUT2D eigenvalue weighted by Crippen LogP contribution is 2.19. The molecule has 3 aromatic rings. The molecule has 0 aliphatic carbocycles. The van der Waals surface area contributed by atoms with Crippen molar-refractivity contribution in [1.29, 1.82) is 0 Å². The second-order valence-corrected chi connectivity index (χ2v) is 4.62. The summed E-state index contributed by atoms with van der Waals surface area (Å²) < 4.78 is 10.4. The number of para-hydroxylation sites is 1. The average molecular weight is 283 g/mol. The third-order valence-electron chi connectivity index (χ3n) is 2.96. The normalized spacial score (nSPS) is 10.8. The Labute approximate surface area is 120 Å². The molecule has 6 heteroatoms. The first-order valence-electron chi connectivity index (χ1n) is 6.46. The van der Waals surface area contributed by atoms with Gasteiger partial charge in [-0.15, -0.1) is 10.2 Å². The molecule has 2 aromatic heterocycles. The van der Waals surface area contributed by atoms with Gasteiger partial charge in [0.15, 0.2) is 6.61 Å². The molecule has 0 saturated heterocycles. The topological polar surface area (TPSA) is 78.1 Å². The van der Waals surface area contributed by atoms with E-state index in [9.17, 15) is 4.79 Å². The number of esters is 1. The van der Waals surface area contributed by atoms with Crippen molar-refractivity contribution >= 4 is 16.9 Å². The van der Waals surface area contributed by atoms with Crippen LogP contribution in [0.1, 0.15) is 27.8 Å². The molecule has 0 amide bonds. The van der Waals surface area contributed by atoms with E-state index < -0.39 is 5.97 Å². The molecule has 3 rings (SSSR count). The van der Waals surface area contributed by atoms with E-state index in [1.54, 1.807) is 13.0 Å². The number of ether oxygens (including phenoxy) is 1. The van der Waals surface area contributed by atoms with E-state index in [2.05, 4.69) is 15.2 Å². The summed E-state index contributed by atoms with van der Waals surface area (Å²) in [6.45, 7) is 3.47. The van der Waals surface area contributed by atoms with Gasteiger partial charge in [0.1, 0.15) is 0 Å². The molecular weight excluding hydrogens is 270 g/mol. The molecule has 0 fully saturated rings. The summed E-state index contributed by atoms with van der Waals surface area (Å²) in [6.07, 6.45) is 0. The molecule has 1 aromatic carbocycles. The number of nitrogens with zero attached hydrogens (tertiary/aromatic N) is 3. The lowest BCUT2D eigenvalue weighted by molar-refractivity contribution is 0.0439. The van der Waals surface area contributed by atoms with Gasteiger partial charge in [-0.3, -0.25) is 4.98 Å². The van der Waals surface area contributed by atoms with Crippen LogP contribution >= 0.6 is 0 Å². The van der Waals surface area contributed by atoms with Gasteiger partial charge in [0.2, 0.25) is 5.89 Å². The third kappa shape index (κ3) is 2.74. The van der Waals surface area contributed by atoms with Crippen LogP contribution in [0, 0.1) is 13.8 Å². The largest absolute Gasteiger partial charge is 0.452 e. The molecule has 0 atom stereocenters. The van der Waals surface area contributed by atoms with Gasteiger partial charge in [-0.2, -0.15) is 0 Å². The van der Waals surface area contributed by atoms with Crippen LogP contribution < -0.4 is 0 Å². The molecule has 0 aliphatic rings. The highest BCUT2D eigenvalue weighted by Gasteiger charge is 2.14. The number of aromatic nitrogens is 3. The Kier molecular flexibility index (Phi) is 3.35. The second kappa shape index (κ2) is 5.32. The number of pyridine rings is 1. The number of aryl methyl sites for hydroxylation is 2. The maximum atomic E-state index is 12.3. The summed E-state index contributed by atoms with van der Waals surface area (Å²) in [5.41, 5.74) is 2.00. The van der Waals surface area contributed by atoms with E-state index in [0.717, 1.165) is 16.6 Å². The monoisotopic (exact) mass is 283 g/mol. The lowest BCUT2D eigenvalue weighted by Gasteiger charge is -2.07. The zero-order valence-corrected chi connectivity index (χ0v) is 11.7. The number of carbonyl (C=O) groups is 1. The number of rotatable bonds is 3. The van der Waals surface area contributed by atoms with Gasteiger partial charge < -0.3 is 9.15 Å². The summed E-state index contributed by atoms with van der Waals surface area (Å²) in [5.74, 6) is 0.273. The number of carbonyl (C=O) groups excluding carboxylic acids is 1. The zero-order valence-electron chi connectivity index (χ0n) is 11.7. The second-order valence-electron chi connectivity index (χ2n) is 4.62. The summed E-state index contributed by atoms with van der Waals surface area (Å²) >= 11 is 0. The van der Waals surface area contributed by atoms with Crippen LogP contribution in [0.3, 0.4) is 0 Å². The molecule has 0 N–H and O–H groups in total. The molecule has 2 heterocycles. The van der Waals surface area contributed by atoms with Crippen LogP contribution in [0.5, 0.6) is 0 Å². The fourth-order valence-corrected chi connectivity index (χ4v) is 2.08. The minimum Gasteiger partial charge on any atom is -0.452 e. The molecule has 0 saturated carbocycles. The Hall–Kier alpha value is -2.76.